The van der Waals surface area contributed by atoms with E-state index in [1.807, 2.05) is 56.6 Å². The van der Waals surface area contributed by atoms with Crippen molar-refractivity contribution in [1.82, 2.24) is 10.2 Å². The summed E-state index contributed by atoms with van der Waals surface area (Å²) in [5.74, 6) is 0.856. The largest absolute Gasteiger partial charge is 0.492 e. The van der Waals surface area contributed by atoms with Crippen molar-refractivity contribution in [1.29, 1.82) is 0 Å². The predicted octanol–water partition coefficient (Wildman–Crippen LogP) is 2.98. The van der Waals surface area contributed by atoms with E-state index in [0.29, 0.717) is 6.61 Å². The third kappa shape index (κ3) is 6.57. The van der Waals surface area contributed by atoms with Gasteiger partial charge in [0.1, 0.15) is 11.4 Å². The fourth-order valence-corrected chi connectivity index (χ4v) is 2.44. The summed E-state index contributed by atoms with van der Waals surface area (Å²) in [7, 11) is 5.82. The fraction of sp³-hybridized carbons (Fsp3) is 0.526. The molecule has 0 radical (unpaired) electrons. The summed E-state index contributed by atoms with van der Waals surface area (Å²) in [6.07, 6.45) is 5.74. The standard InChI is InChI=1S/C19H33N5O/c1-7-24(8-2)17-10-11-18(19(16-17)25-9-3)23(6)21-13-15-22(5)14-12-20-4/h10-14,16,20H,7-9,15H2,1-6H3/b14-12-,21-13+. The molecular weight excluding hydrogens is 314 g/mol. The lowest BCUT2D eigenvalue weighted by Crippen LogP contribution is -2.22. The van der Waals surface area contributed by atoms with Gasteiger partial charge in [-0.2, -0.15) is 5.10 Å². The SMILES string of the molecule is CCOc1cc(N(CC)CC)ccc1N(C)/N=C/CN(C)/C=C\NC. The molecule has 0 saturated carbocycles. The molecule has 0 atom stereocenters. The van der Waals surface area contributed by atoms with E-state index in [4.69, 9.17) is 4.74 Å². The Morgan fingerprint density at radius 3 is 2.48 bits per heavy atom. The third-order valence-corrected chi connectivity index (χ3v) is 3.84. The number of rotatable bonds is 11. The number of ether oxygens (including phenoxy) is 1. The van der Waals surface area contributed by atoms with E-state index in [2.05, 4.69) is 47.4 Å². The van der Waals surface area contributed by atoms with Crippen LogP contribution in [0.25, 0.3) is 0 Å². The van der Waals surface area contributed by atoms with Gasteiger partial charge in [0.25, 0.3) is 0 Å². The van der Waals surface area contributed by atoms with E-state index in [9.17, 15) is 0 Å². The Labute approximate surface area is 152 Å². The molecule has 6 heteroatoms. The van der Waals surface area contributed by atoms with Crippen LogP contribution in [0.15, 0.2) is 35.7 Å². The maximum Gasteiger partial charge on any atom is 0.146 e. The van der Waals surface area contributed by atoms with Gasteiger partial charge in [0.05, 0.1) is 13.2 Å². The van der Waals surface area contributed by atoms with E-state index in [1.54, 1.807) is 0 Å². The Kier molecular flexibility index (Phi) is 9.29. The summed E-state index contributed by atoms with van der Waals surface area (Å²) in [5.41, 5.74) is 2.13. The summed E-state index contributed by atoms with van der Waals surface area (Å²) >= 11 is 0. The van der Waals surface area contributed by atoms with Crippen molar-refractivity contribution in [2.45, 2.75) is 20.8 Å². The van der Waals surface area contributed by atoms with E-state index in [0.717, 1.165) is 31.1 Å². The summed E-state index contributed by atoms with van der Waals surface area (Å²) < 4.78 is 5.85. The average Bonchev–Trinajstić information content (AvgIpc) is 2.61. The molecule has 0 amide bonds. The Morgan fingerprint density at radius 1 is 1.16 bits per heavy atom. The molecule has 1 aromatic carbocycles. The highest BCUT2D eigenvalue weighted by Gasteiger charge is 2.11. The van der Waals surface area contributed by atoms with Crippen LogP contribution in [0.5, 0.6) is 5.75 Å². The topological polar surface area (TPSA) is 43.3 Å². The summed E-state index contributed by atoms with van der Waals surface area (Å²) in [6.45, 7) is 9.62. The van der Waals surface area contributed by atoms with E-state index in [1.165, 1.54) is 5.69 Å². The molecule has 1 N–H and O–H groups in total. The summed E-state index contributed by atoms with van der Waals surface area (Å²) in [6, 6.07) is 6.29. The van der Waals surface area contributed by atoms with Crippen LogP contribution in [0.2, 0.25) is 0 Å². The van der Waals surface area contributed by atoms with Crippen LogP contribution in [0.1, 0.15) is 20.8 Å². The molecular formula is C19H33N5O. The third-order valence-electron chi connectivity index (χ3n) is 3.84. The smallest absolute Gasteiger partial charge is 0.146 e. The Bertz CT molecular complexity index is 555. The zero-order chi connectivity index (χ0) is 18.7. The van der Waals surface area contributed by atoms with E-state index >= 15 is 0 Å². The van der Waals surface area contributed by atoms with Crippen molar-refractivity contribution in [2.75, 3.05) is 57.3 Å². The van der Waals surface area contributed by atoms with Crippen LogP contribution < -0.4 is 20.0 Å². The maximum absolute atomic E-state index is 5.85. The summed E-state index contributed by atoms with van der Waals surface area (Å²) in [4.78, 5) is 4.35. The van der Waals surface area contributed by atoms with Gasteiger partial charge in [-0.15, -0.1) is 0 Å². The zero-order valence-electron chi connectivity index (χ0n) is 16.5. The minimum Gasteiger partial charge on any atom is -0.492 e. The first-order chi connectivity index (χ1) is 12.1. The van der Waals surface area contributed by atoms with Gasteiger partial charge in [-0.05, 0) is 32.9 Å². The number of hydrogen-bond donors (Lipinski definition) is 1. The highest BCUT2D eigenvalue weighted by molar-refractivity contribution is 5.68. The van der Waals surface area contributed by atoms with Crippen LogP contribution >= 0.6 is 0 Å². The number of nitrogens with one attached hydrogen (secondary N) is 1. The van der Waals surface area contributed by atoms with Crippen molar-refractivity contribution < 1.29 is 4.74 Å². The van der Waals surface area contributed by atoms with Gasteiger partial charge in [0.15, 0.2) is 0 Å². The Hall–Kier alpha value is -2.37. The van der Waals surface area contributed by atoms with Crippen LogP contribution in [-0.2, 0) is 0 Å². The van der Waals surface area contributed by atoms with Crippen LogP contribution in [-0.4, -0.2) is 58.5 Å². The highest BCUT2D eigenvalue weighted by atomic mass is 16.5. The van der Waals surface area contributed by atoms with Gasteiger partial charge in [0, 0.05) is 64.6 Å². The fourth-order valence-electron chi connectivity index (χ4n) is 2.44. The van der Waals surface area contributed by atoms with Gasteiger partial charge in [0.2, 0.25) is 0 Å². The van der Waals surface area contributed by atoms with E-state index < -0.39 is 0 Å². The van der Waals surface area contributed by atoms with Crippen molar-refractivity contribution in [3.05, 3.63) is 30.6 Å². The quantitative estimate of drug-likeness (QED) is 0.492. The molecule has 0 saturated heterocycles. The molecule has 0 aromatic heterocycles. The number of anilines is 2. The number of benzene rings is 1. The number of hydrogen-bond acceptors (Lipinski definition) is 6. The second-order valence-electron chi connectivity index (χ2n) is 5.62. The molecule has 0 fully saturated rings. The van der Waals surface area contributed by atoms with Crippen molar-refractivity contribution in [3.63, 3.8) is 0 Å². The van der Waals surface area contributed by atoms with Gasteiger partial charge < -0.3 is 19.9 Å². The molecule has 6 nitrogen and oxygen atoms in total. The Balaban J connectivity index is 2.89. The molecule has 1 aromatic rings. The second kappa shape index (κ2) is 11.2. The molecule has 0 aliphatic rings. The Morgan fingerprint density at radius 2 is 1.88 bits per heavy atom. The lowest BCUT2D eigenvalue weighted by atomic mass is 10.2. The monoisotopic (exact) mass is 347 g/mol. The van der Waals surface area contributed by atoms with Crippen LogP contribution in [0.3, 0.4) is 0 Å². The molecule has 1 rings (SSSR count). The highest BCUT2D eigenvalue weighted by Crippen LogP contribution is 2.32. The number of hydrazone groups is 1. The van der Waals surface area contributed by atoms with E-state index in [-0.39, 0.29) is 0 Å². The molecule has 0 heterocycles. The molecule has 0 aliphatic carbocycles. The van der Waals surface area contributed by atoms with Crippen LogP contribution in [0.4, 0.5) is 11.4 Å². The lowest BCUT2D eigenvalue weighted by molar-refractivity contribution is 0.341. The van der Waals surface area contributed by atoms with Gasteiger partial charge in [-0.1, -0.05) is 0 Å². The van der Waals surface area contributed by atoms with Crippen molar-refractivity contribution in [3.8, 4) is 5.75 Å². The maximum atomic E-state index is 5.85. The van der Waals surface area contributed by atoms with Crippen molar-refractivity contribution in [2.24, 2.45) is 5.10 Å². The van der Waals surface area contributed by atoms with Gasteiger partial charge in [-0.3, -0.25) is 5.01 Å². The zero-order valence-corrected chi connectivity index (χ0v) is 16.5. The summed E-state index contributed by atoms with van der Waals surface area (Å²) in [5, 5.41) is 9.34. The molecule has 0 aliphatic heterocycles. The molecule has 25 heavy (non-hydrogen) atoms. The molecule has 0 bridgehead atoms. The number of nitrogens with zero attached hydrogens (tertiary/aromatic N) is 4. The normalized spacial score (nSPS) is 11.1. The van der Waals surface area contributed by atoms with Crippen molar-refractivity contribution >= 4 is 17.6 Å². The minimum atomic E-state index is 0.629. The first-order valence-corrected chi connectivity index (χ1v) is 8.89. The minimum absolute atomic E-state index is 0.629. The predicted molar refractivity (Wildman–Crippen MR) is 109 cm³/mol. The first-order valence-electron chi connectivity index (χ1n) is 8.89. The van der Waals surface area contributed by atoms with Gasteiger partial charge >= 0.3 is 0 Å². The lowest BCUT2D eigenvalue weighted by Gasteiger charge is -2.24. The molecule has 0 spiro atoms. The average molecular weight is 348 g/mol. The second-order valence-corrected chi connectivity index (χ2v) is 5.62. The first kappa shape index (κ1) is 20.7. The van der Waals surface area contributed by atoms with Crippen LogP contribution in [0, 0.1) is 0 Å². The molecule has 140 valence electrons. The van der Waals surface area contributed by atoms with Gasteiger partial charge in [-0.25, -0.2) is 0 Å². The molecule has 0 unspecified atom stereocenters.